The summed E-state index contributed by atoms with van der Waals surface area (Å²) in [6.45, 7) is 2.24. The number of halogens is 1. The molecular weight excluding hydrogens is 162 g/mol. The van der Waals surface area contributed by atoms with Crippen LogP contribution in [-0.4, -0.2) is 22.6 Å². The lowest BCUT2D eigenvalue weighted by Crippen LogP contribution is -2.11. The first-order valence-corrected chi connectivity index (χ1v) is 3.65. The highest BCUT2D eigenvalue weighted by Crippen LogP contribution is 2.12. The predicted molar refractivity (Wildman–Crippen MR) is 46.0 cm³/mol. The molecule has 1 aliphatic rings. The Morgan fingerprint density at radius 1 is 1.55 bits per heavy atom. The van der Waals surface area contributed by atoms with E-state index in [1.165, 1.54) is 6.42 Å². The Morgan fingerprint density at radius 3 is 3.00 bits per heavy atom. The minimum absolute atomic E-state index is 0. The van der Waals surface area contributed by atoms with E-state index in [4.69, 9.17) is 0 Å². The molecule has 0 spiro atoms. The van der Waals surface area contributed by atoms with Crippen molar-refractivity contribution < 1.29 is 0 Å². The molecule has 11 heavy (non-hydrogen) atoms. The molecule has 0 bridgehead atoms. The van der Waals surface area contributed by atoms with Crippen LogP contribution in [0.4, 0.5) is 0 Å². The number of nitrogens with one attached hydrogen (secondary N) is 1. The number of aromatic nitrogens is 2. The zero-order chi connectivity index (χ0) is 6.81. The van der Waals surface area contributed by atoms with Crippen molar-refractivity contribution in [3.63, 3.8) is 0 Å². The molecule has 1 unspecified atom stereocenters. The zero-order valence-electron chi connectivity index (χ0n) is 6.23. The van der Waals surface area contributed by atoms with E-state index in [0.29, 0.717) is 6.04 Å². The Balaban J connectivity index is 0.000000605. The van der Waals surface area contributed by atoms with Crippen molar-refractivity contribution >= 4 is 12.4 Å². The molecule has 62 valence electrons. The lowest BCUT2D eigenvalue weighted by Gasteiger charge is -2.07. The summed E-state index contributed by atoms with van der Waals surface area (Å²) < 4.78 is 2.17. The molecule has 0 radical (unpaired) electrons. The van der Waals surface area contributed by atoms with E-state index in [9.17, 15) is 0 Å². The van der Waals surface area contributed by atoms with Gasteiger partial charge < -0.3 is 9.88 Å². The molecule has 1 aliphatic heterocycles. The summed E-state index contributed by atoms with van der Waals surface area (Å²) in [7, 11) is 0. The molecule has 4 heteroatoms. The zero-order valence-corrected chi connectivity index (χ0v) is 7.05. The molecule has 1 fully saturated rings. The molecule has 0 aliphatic carbocycles. The van der Waals surface area contributed by atoms with Crippen molar-refractivity contribution in [1.82, 2.24) is 14.9 Å². The predicted octanol–water partition coefficient (Wildman–Crippen LogP) is 0.839. The second-order valence-corrected chi connectivity index (χ2v) is 2.66. The van der Waals surface area contributed by atoms with Gasteiger partial charge in [-0.1, -0.05) is 0 Å². The van der Waals surface area contributed by atoms with E-state index >= 15 is 0 Å². The Hall–Kier alpha value is -0.540. The quantitative estimate of drug-likeness (QED) is 0.682. The van der Waals surface area contributed by atoms with E-state index in [1.807, 2.05) is 18.7 Å². The first kappa shape index (κ1) is 8.56. The van der Waals surface area contributed by atoms with Gasteiger partial charge in [0, 0.05) is 25.0 Å². The topological polar surface area (TPSA) is 29.9 Å². The van der Waals surface area contributed by atoms with Gasteiger partial charge in [-0.05, 0) is 13.0 Å². The second kappa shape index (κ2) is 3.74. The van der Waals surface area contributed by atoms with Gasteiger partial charge in [-0.2, -0.15) is 0 Å². The third-order valence-corrected chi connectivity index (χ3v) is 1.98. The van der Waals surface area contributed by atoms with Gasteiger partial charge in [0.2, 0.25) is 0 Å². The van der Waals surface area contributed by atoms with Crippen LogP contribution in [0.1, 0.15) is 12.5 Å². The Bertz CT molecular complexity index is 191. The SMILES string of the molecule is Cl.c1cn(C2CCNC2)cn1. The molecule has 1 atom stereocenters. The van der Waals surface area contributed by atoms with Gasteiger partial charge in [-0.15, -0.1) is 12.4 Å². The summed E-state index contributed by atoms with van der Waals surface area (Å²) in [6.07, 6.45) is 6.98. The van der Waals surface area contributed by atoms with E-state index in [2.05, 4.69) is 14.9 Å². The summed E-state index contributed by atoms with van der Waals surface area (Å²) in [5, 5.41) is 3.31. The van der Waals surface area contributed by atoms with Crippen LogP contribution < -0.4 is 5.32 Å². The first-order valence-electron chi connectivity index (χ1n) is 3.65. The first-order chi connectivity index (χ1) is 4.97. The van der Waals surface area contributed by atoms with Crippen LogP contribution in [-0.2, 0) is 0 Å². The summed E-state index contributed by atoms with van der Waals surface area (Å²) in [5.41, 5.74) is 0. The molecule has 3 nitrogen and oxygen atoms in total. The molecule has 1 N–H and O–H groups in total. The van der Waals surface area contributed by atoms with Gasteiger partial charge in [0.05, 0.1) is 6.33 Å². The largest absolute Gasteiger partial charge is 0.333 e. The Morgan fingerprint density at radius 2 is 2.45 bits per heavy atom. The maximum atomic E-state index is 4.00. The highest BCUT2D eigenvalue weighted by atomic mass is 35.5. The molecule has 0 amide bonds. The number of rotatable bonds is 1. The average molecular weight is 174 g/mol. The van der Waals surface area contributed by atoms with E-state index in [-0.39, 0.29) is 12.4 Å². The Labute approximate surface area is 72.2 Å². The van der Waals surface area contributed by atoms with Crippen molar-refractivity contribution in [3.8, 4) is 0 Å². The average Bonchev–Trinajstić information content (AvgIpc) is 2.59. The van der Waals surface area contributed by atoms with Crippen molar-refractivity contribution in [2.75, 3.05) is 13.1 Å². The van der Waals surface area contributed by atoms with Gasteiger partial charge in [0.1, 0.15) is 0 Å². The normalized spacial score (nSPS) is 23.1. The minimum Gasteiger partial charge on any atom is -0.333 e. The van der Waals surface area contributed by atoms with Crippen LogP contribution >= 0.6 is 12.4 Å². The van der Waals surface area contributed by atoms with Gasteiger partial charge in [-0.3, -0.25) is 0 Å². The summed E-state index contributed by atoms with van der Waals surface area (Å²) in [4.78, 5) is 4.00. The van der Waals surface area contributed by atoms with Crippen LogP contribution in [0.25, 0.3) is 0 Å². The third-order valence-electron chi connectivity index (χ3n) is 1.98. The van der Waals surface area contributed by atoms with E-state index in [1.54, 1.807) is 0 Å². The van der Waals surface area contributed by atoms with Gasteiger partial charge in [0.15, 0.2) is 0 Å². The third kappa shape index (κ3) is 1.73. The summed E-state index contributed by atoms with van der Waals surface area (Å²) in [5.74, 6) is 0. The van der Waals surface area contributed by atoms with E-state index in [0.717, 1.165) is 13.1 Å². The maximum absolute atomic E-state index is 4.00. The fraction of sp³-hybridized carbons (Fsp3) is 0.571. The molecule has 1 aromatic heterocycles. The Kier molecular flexibility index (Phi) is 2.91. The standard InChI is InChI=1S/C7H11N3.ClH/c1-2-8-5-7(1)10-4-3-9-6-10;/h3-4,6-8H,1-2,5H2;1H. The maximum Gasteiger partial charge on any atom is 0.0948 e. The molecular formula is C7H12ClN3. The smallest absolute Gasteiger partial charge is 0.0948 e. The van der Waals surface area contributed by atoms with Gasteiger partial charge >= 0.3 is 0 Å². The molecule has 0 aromatic carbocycles. The van der Waals surface area contributed by atoms with Crippen LogP contribution in [0.15, 0.2) is 18.7 Å². The second-order valence-electron chi connectivity index (χ2n) is 2.66. The minimum atomic E-state index is 0. The van der Waals surface area contributed by atoms with Crippen molar-refractivity contribution in [3.05, 3.63) is 18.7 Å². The lowest BCUT2D eigenvalue weighted by molar-refractivity contribution is 0.546. The van der Waals surface area contributed by atoms with Gasteiger partial charge in [0.25, 0.3) is 0 Å². The molecule has 2 rings (SSSR count). The highest BCUT2D eigenvalue weighted by Gasteiger charge is 2.14. The summed E-state index contributed by atoms with van der Waals surface area (Å²) in [6, 6.07) is 0.641. The monoisotopic (exact) mass is 173 g/mol. The fourth-order valence-electron chi connectivity index (χ4n) is 1.38. The van der Waals surface area contributed by atoms with Gasteiger partial charge in [-0.25, -0.2) is 4.98 Å². The fourth-order valence-corrected chi connectivity index (χ4v) is 1.38. The molecule has 1 aromatic rings. The van der Waals surface area contributed by atoms with Crippen molar-refractivity contribution in [1.29, 1.82) is 0 Å². The molecule has 1 saturated heterocycles. The van der Waals surface area contributed by atoms with E-state index < -0.39 is 0 Å². The highest BCUT2D eigenvalue weighted by molar-refractivity contribution is 5.85. The van der Waals surface area contributed by atoms with Crippen LogP contribution in [0.5, 0.6) is 0 Å². The number of nitrogens with zero attached hydrogens (tertiary/aromatic N) is 2. The number of imidazole rings is 1. The van der Waals surface area contributed by atoms with Crippen molar-refractivity contribution in [2.45, 2.75) is 12.5 Å². The van der Waals surface area contributed by atoms with Crippen LogP contribution in [0.2, 0.25) is 0 Å². The van der Waals surface area contributed by atoms with Crippen molar-refractivity contribution in [2.24, 2.45) is 0 Å². The lowest BCUT2D eigenvalue weighted by atomic mass is 10.3. The molecule has 0 saturated carbocycles. The van der Waals surface area contributed by atoms with Crippen LogP contribution in [0, 0.1) is 0 Å². The number of hydrogen-bond acceptors (Lipinski definition) is 2. The summed E-state index contributed by atoms with van der Waals surface area (Å²) >= 11 is 0. The molecule has 2 heterocycles. The number of hydrogen-bond donors (Lipinski definition) is 1. The van der Waals surface area contributed by atoms with Crippen LogP contribution in [0.3, 0.4) is 0 Å².